The molecule has 36 heavy (non-hydrogen) atoms. The lowest BCUT2D eigenvalue weighted by Crippen LogP contribution is -2.27. The fourth-order valence-electron chi connectivity index (χ4n) is 4.31. The van der Waals surface area contributed by atoms with E-state index in [-0.39, 0.29) is 23.6 Å². The van der Waals surface area contributed by atoms with E-state index in [1.165, 1.54) is 4.40 Å². The van der Waals surface area contributed by atoms with Crippen LogP contribution in [0.3, 0.4) is 0 Å². The molecular weight excluding hydrogens is 475 g/mol. The molecule has 0 saturated heterocycles. The number of nitrogens with zero attached hydrogens (tertiary/aromatic N) is 7. The number of rotatable bonds is 9. The van der Waals surface area contributed by atoms with Crippen LogP contribution in [0.15, 0.2) is 44.6 Å². The van der Waals surface area contributed by atoms with Gasteiger partial charge in [-0.15, -0.1) is 10.2 Å². The van der Waals surface area contributed by atoms with Crippen LogP contribution in [-0.4, -0.2) is 41.2 Å². The van der Waals surface area contributed by atoms with Crippen LogP contribution < -0.4 is 5.56 Å². The van der Waals surface area contributed by atoms with Gasteiger partial charge >= 0.3 is 6.18 Å². The first kappa shape index (κ1) is 23.9. The van der Waals surface area contributed by atoms with Crippen LogP contribution >= 0.6 is 0 Å². The zero-order valence-corrected chi connectivity index (χ0v) is 19.6. The largest absolute Gasteiger partial charge is 0.429 e. The van der Waals surface area contributed by atoms with Crippen LogP contribution in [0, 0.1) is 0 Å². The Morgan fingerprint density at radius 3 is 2.64 bits per heavy atom. The molecule has 12 heteroatoms. The van der Waals surface area contributed by atoms with Crippen molar-refractivity contribution in [3.8, 4) is 0 Å². The topological polar surface area (TPSA) is 103 Å². The molecule has 5 rings (SSSR count). The van der Waals surface area contributed by atoms with Crippen LogP contribution in [0.4, 0.5) is 19.0 Å². The molecule has 0 N–H and O–H groups in total. The minimum Gasteiger partial charge on any atom is -0.339 e. The monoisotopic (exact) mass is 499 g/mol. The fourth-order valence-corrected chi connectivity index (χ4v) is 4.31. The van der Waals surface area contributed by atoms with Crippen molar-refractivity contribution in [2.45, 2.75) is 64.6 Å². The van der Waals surface area contributed by atoms with Crippen LogP contribution in [0.2, 0.25) is 0 Å². The van der Waals surface area contributed by atoms with Gasteiger partial charge in [0, 0.05) is 32.2 Å². The maximum atomic E-state index is 13.4. The first-order valence-electron chi connectivity index (χ1n) is 11.8. The third kappa shape index (κ3) is 4.67. The summed E-state index contributed by atoms with van der Waals surface area (Å²) in [4.78, 5) is 21.5. The summed E-state index contributed by atoms with van der Waals surface area (Å²) in [6, 6.07) is 9.73. The van der Waals surface area contributed by atoms with Gasteiger partial charge in [-0.2, -0.15) is 18.2 Å². The maximum Gasteiger partial charge on any atom is 0.429 e. The van der Waals surface area contributed by atoms with E-state index >= 15 is 0 Å². The van der Waals surface area contributed by atoms with E-state index in [4.69, 9.17) is 4.52 Å². The highest BCUT2D eigenvalue weighted by Gasteiger charge is 2.41. The molecule has 4 aromatic rings. The second-order valence-electron chi connectivity index (χ2n) is 8.72. The van der Waals surface area contributed by atoms with Gasteiger partial charge in [0.2, 0.25) is 11.7 Å². The van der Waals surface area contributed by atoms with Crippen molar-refractivity contribution in [2.24, 2.45) is 4.99 Å². The number of unbranched alkanes of at least 4 members (excludes halogenated alkanes) is 2. The van der Waals surface area contributed by atoms with Gasteiger partial charge < -0.3 is 4.52 Å². The molecule has 3 aromatic heterocycles. The van der Waals surface area contributed by atoms with E-state index in [0.717, 1.165) is 18.4 Å². The first-order chi connectivity index (χ1) is 17.3. The molecular formula is C24H24F3N7O2. The average Bonchev–Trinajstić information content (AvgIpc) is 3.59. The van der Waals surface area contributed by atoms with Crippen LogP contribution in [0.1, 0.15) is 54.9 Å². The van der Waals surface area contributed by atoms with Crippen molar-refractivity contribution in [3.05, 3.63) is 69.4 Å². The number of hydrogen-bond acceptors (Lipinski definition) is 7. The Morgan fingerprint density at radius 1 is 1.08 bits per heavy atom. The van der Waals surface area contributed by atoms with Gasteiger partial charge in [-0.1, -0.05) is 55.3 Å². The SMILES string of the molecule is CCCCCn1c2c(c(=O)n3c(CCc4nc(Cc5ccccc5)no4)nnc13)CC(C(F)(F)F)=N2. The van der Waals surface area contributed by atoms with Gasteiger partial charge in [-0.05, 0) is 12.0 Å². The highest BCUT2D eigenvalue weighted by Crippen LogP contribution is 2.32. The van der Waals surface area contributed by atoms with Gasteiger partial charge in [0.05, 0.1) is 5.56 Å². The summed E-state index contributed by atoms with van der Waals surface area (Å²) in [6.45, 7) is 2.42. The normalized spacial score (nSPS) is 13.4. The Morgan fingerprint density at radius 2 is 1.89 bits per heavy atom. The van der Waals surface area contributed by atoms with Crippen molar-refractivity contribution in [1.29, 1.82) is 0 Å². The zero-order valence-electron chi connectivity index (χ0n) is 19.6. The molecule has 0 radical (unpaired) electrons. The van der Waals surface area contributed by atoms with E-state index in [1.54, 1.807) is 4.57 Å². The predicted molar refractivity (Wildman–Crippen MR) is 125 cm³/mol. The fraction of sp³-hybridized carbons (Fsp3) is 0.417. The molecule has 1 aromatic carbocycles. The molecule has 0 unspecified atom stereocenters. The average molecular weight is 499 g/mol. The minimum atomic E-state index is -4.61. The molecule has 188 valence electrons. The standard InChI is InChI=1S/C24H24F3N7O2/c1-2-3-7-12-33-21-16(14-17(28-21)24(25,26)27)22(35)34-19(30-31-23(33)34)10-11-20-29-18(32-36-20)13-15-8-5-4-6-9-15/h4-6,8-9H,2-3,7,10-14H2,1H3. The second kappa shape index (κ2) is 9.67. The Kier molecular flexibility index (Phi) is 6.42. The van der Waals surface area contributed by atoms with E-state index in [2.05, 4.69) is 25.3 Å². The van der Waals surface area contributed by atoms with Gasteiger partial charge in [-0.3, -0.25) is 9.36 Å². The smallest absolute Gasteiger partial charge is 0.339 e. The molecule has 1 aliphatic heterocycles. The third-order valence-corrected chi connectivity index (χ3v) is 6.12. The van der Waals surface area contributed by atoms with Crippen LogP contribution in [-0.2, 0) is 32.2 Å². The molecule has 0 atom stereocenters. The van der Waals surface area contributed by atoms with Crippen molar-refractivity contribution in [1.82, 2.24) is 29.3 Å². The second-order valence-corrected chi connectivity index (χ2v) is 8.72. The Hall–Kier alpha value is -3.83. The molecule has 4 heterocycles. The van der Waals surface area contributed by atoms with Crippen molar-refractivity contribution >= 4 is 17.3 Å². The lowest BCUT2D eigenvalue weighted by molar-refractivity contribution is -0.0597. The lowest BCUT2D eigenvalue weighted by Gasteiger charge is -2.12. The summed E-state index contributed by atoms with van der Waals surface area (Å²) < 4.78 is 48.4. The highest BCUT2D eigenvalue weighted by molar-refractivity contribution is 5.97. The molecule has 0 aliphatic carbocycles. The van der Waals surface area contributed by atoms with Gasteiger partial charge in [0.25, 0.3) is 5.56 Å². The quantitative estimate of drug-likeness (QED) is 0.322. The molecule has 0 fully saturated rings. The van der Waals surface area contributed by atoms with Gasteiger partial charge in [-0.25, -0.2) is 9.39 Å². The van der Waals surface area contributed by atoms with E-state index in [9.17, 15) is 18.0 Å². The summed E-state index contributed by atoms with van der Waals surface area (Å²) in [6.07, 6.45) is -1.56. The summed E-state index contributed by atoms with van der Waals surface area (Å²) >= 11 is 0. The van der Waals surface area contributed by atoms with Gasteiger partial charge in [0.1, 0.15) is 17.4 Å². The summed E-state index contributed by atoms with van der Waals surface area (Å²) in [5, 5.41) is 12.3. The molecule has 0 spiro atoms. The molecule has 1 aliphatic rings. The Balaban J connectivity index is 1.42. The number of aliphatic imine (C=N–C) groups is 1. The summed E-state index contributed by atoms with van der Waals surface area (Å²) in [5.41, 5.74) is -0.495. The summed E-state index contributed by atoms with van der Waals surface area (Å²) in [7, 11) is 0. The number of aryl methyl sites for hydroxylation is 3. The number of halogens is 3. The number of benzene rings is 1. The van der Waals surface area contributed by atoms with E-state index in [0.29, 0.717) is 43.3 Å². The number of aromatic nitrogens is 6. The van der Waals surface area contributed by atoms with Gasteiger partial charge in [0.15, 0.2) is 5.82 Å². The van der Waals surface area contributed by atoms with Crippen molar-refractivity contribution in [2.75, 3.05) is 0 Å². The van der Waals surface area contributed by atoms with E-state index < -0.39 is 23.9 Å². The lowest BCUT2D eigenvalue weighted by atomic mass is 10.1. The predicted octanol–water partition coefficient (Wildman–Crippen LogP) is 4.03. The van der Waals surface area contributed by atoms with Crippen molar-refractivity contribution < 1.29 is 17.7 Å². The first-order valence-corrected chi connectivity index (χ1v) is 11.8. The molecule has 0 amide bonds. The third-order valence-electron chi connectivity index (χ3n) is 6.12. The maximum absolute atomic E-state index is 13.4. The van der Waals surface area contributed by atoms with Crippen LogP contribution in [0.25, 0.3) is 5.78 Å². The number of hydrogen-bond donors (Lipinski definition) is 0. The molecule has 0 bridgehead atoms. The Labute approximate surface area is 203 Å². The highest BCUT2D eigenvalue weighted by atomic mass is 19.4. The van der Waals surface area contributed by atoms with Crippen LogP contribution in [0.5, 0.6) is 0 Å². The zero-order chi connectivity index (χ0) is 25.3. The number of fused-ring (bicyclic) bond motifs is 2. The minimum absolute atomic E-state index is 0.00955. The molecule has 9 nitrogen and oxygen atoms in total. The summed E-state index contributed by atoms with van der Waals surface area (Å²) in [5.74, 6) is 1.45. The van der Waals surface area contributed by atoms with E-state index in [1.807, 2.05) is 37.3 Å². The van der Waals surface area contributed by atoms with Crippen molar-refractivity contribution in [3.63, 3.8) is 0 Å². The Bertz CT molecular complexity index is 1470. The molecule has 0 saturated carbocycles. The number of alkyl halides is 3.